The largest absolute Gasteiger partial charge is 0.530 e. The quantitative estimate of drug-likeness (QED) is 0.375. The predicted octanol–water partition coefficient (Wildman–Crippen LogP) is 3.13. The highest BCUT2D eigenvalue weighted by molar-refractivity contribution is 7.89. The maximum absolute atomic E-state index is 12.2. The van der Waals surface area contributed by atoms with Crippen LogP contribution in [0.2, 0.25) is 0 Å². The molecule has 0 aromatic carbocycles. The zero-order chi connectivity index (χ0) is 12.6. The van der Waals surface area contributed by atoms with Gasteiger partial charge in [0.2, 0.25) is 0 Å². The van der Waals surface area contributed by atoms with Crippen LogP contribution in [0.25, 0.3) is 0 Å². The molecule has 1 amide bonds. The molecule has 94 valence electrons. The number of rotatable bonds is 0. The standard InChI is InChI=1S/C11H22NO3S/c1-10(2,3)15-9(13)12(6)11(4,5)7-8-14-16-12/h7-8H2,1-6H3/q+1. The van der Waals surface area contributed by atoms with Gasteiger partial charge < -0.3 is 4.74 Å². The summed E-state index contributed by atoms with van der Waals surface area (Å²) in [6.45, 7) is 10.4. The Labute approximate surface area is 102 Å². The maximum Gasteiger partial charge on any atom is 0.530 e. The number of nitrogens with zero attached hydrogens (tertiary/aromatic N) is 1. The lowest BCUT2D eigenvalue weighted by Crippen LogP contribution is -2.61. The Morgan fingerprint density at radius 1 is 1.44 bits per heavy atom. The summed E-state index contributed by atoms with van der Waals surface area (Å²) in [7, 11) is 1.85. The first-order valence-electron chi connectivity index (χ1n) is 5.50. The van der Waals surface area contributed by atoms with Crippen LogP contribution in [-0.4, -0.2) is 34.8 Å². The molecule has 0 N–H and O–H groups in total. The van der Waals surface area contributed by atoms with Crippen LogP contribution in [0.1, 0.15) is 41.0 Å². The molecule has 16 heavy (non-hydrogen) atoms. The highest BCUT2D eigenvalue weighted by Crippen LogP contribution is 2.41. The average molecular weight is 248 g/mol. The first-order chi connectivity index (χ1) is 7.08. The van der Waals surface area contributed by atoms with Crippen LogP contribution in [-0.2, 0) is 8.92 Å². The van der Waals surface area contributed by atoms with Crippen molar-refractivity contribution in [3.8, 4) is 0 Å². The minimum Gasteiger partial charge on any atom is -0.414 e. The van der Waals surface area contributed by atoms with Gasteiger partial charge in [0.15, 0.2) is 0 Å². The number of amides is 1. The van der Waals surface area contributed by atoms with E-state index in [0.717, 1.165) is 6.42 Å². The molecule has 1 saturated heterocycles. The van der Waals surface area contributed by atoms with Crippen molar-refractivity contribution < 1.29 is 17.6 Å². The number of carbonyl (C=O) groups excluding carboxylic acids is 1. The van der Waals surface area contributed by atoms with E-state index in [0.29, 0.717) is 6.61 Å². The minimum absolute atomic E-state index is 0.101. The van der Waals surface area contributed by atoms with Crippen molar-refractivity contribution >= 4 is 18.3 Å². The van der Waals surface area contributed by atoms with Gasteiger partial charge in [-0.25, -0.2) is 0 Å². The first kappa shape index (κ1) is 13.8. The Kier molecular flexibility index (Phi) is 3.62. The molecular formula is C11H22NO3S+. The van der Waals surface area contributed by atoms with Crippen LogP contribution in [0.15, 0.2) is 0 Å². The van der Waals surface area contributed by atoms with Crippen LogP contribution in [0, 0.1) is 0 Å². The highest BCUT2D eigenvalue weighted by Gasteiger charge is 2.54. The zero-order valence-corrected chi connectivity index (χ0v) is 11.8. The summed E-state index contributed by atoms with van der Waals surface area (Å²) in [4.78, 5) is 12.2. The number of hydrogen-bond acceptors (Lipinski definition) is 4. The number of hydrogen-bond donors (Lipinski definition) is 0. The molecule has 1 fully saturated rings. The van der Waals surface area contributed by atoms with E-state index in [1.54, 1.807) is 0 Å². The van der Waals surface area contributed by atoms with Crippen molar-refractivity contribution in [2.24, 2.45) is 0 Å². The fourth-order valence-electron chi connectivity index (χ4n) is 1.37. The topological polar surface area (TPSA) is 35.5 Å². The SMILES string of the molecule is CC(C)(C)OC(=O)[N+]1(C)SOCCC1(C)C. The van der Waals surface area contributed by atoms with E-state index in [1.807, 2.05) is 27.8 Å². The van der Waals surface area contributed by atoms with Crippen LogP contribution in [0.3, 0.4) is 0 Å². The van der Waals surface area contributed by atoms with E-state index < -0.39 is 5.60 Å². The molecule has 4 nitrogen and oxygen atoms in total. The molecule has 0 radical (unpaired) electrons. The minimum atomic E-state index is -0.466. The summed E-state index contributed by atoms with van der Waals surface area (Å²) < 4.78 is 10.9. The summed E-state index contributed by atoms with van der Waals surface area (Å²) in [5, 5.41) is 0. The van der Waals surface area contributed by atoms with Gasteiger partial charge in [-0.2, -0.15) is 4.79 Å². The maximum atomic E-state index is 12.2. The zero-order valence-electron chi connectivity index (χ0n) is 11.0. The van der Waals surface area contributed by atoms with Gasteiger partial charge in [0, 0.05) is 6.42 Å². The van der Waals surface area contributed by atoms with Crippen molar-refractivity contribution in [2.45, 2.75) is 52.2 Å². The molecule has 0 aromatic rings. The third-order valence-electron chi connectivity index (χ3n) is 2.90. The molecule has 1 aliphatic heterocycles. The van der Waals surface area contributed by atoms with Gasteiger partial charge in [-0.3, -0.25) is 4.18 Å². The van der Waals surface area contributed by atoms with Gasteiger partial charge in [0.25, 0.3) is 12.2 Å². The second-order valence-electron chi connectivity index (χ2n) is 5.86. The smallest absolute Gasteiger partial charge is 0.414 e. The molecule has 0 aromatic heterocycles. The van der Waals surface area contributed by atoms with E-state index in [-0.39, 0.29) is 15.5 Å². The molecule has 1 aliphatic rings. The summed E-state index contributed by atoms with van der Waals surface area (Å²) in [6.07, 6.45) is 0.595. The Bertz CT molecular complexity index is 285. The lowest BCUT2D eigenvalue weighted by atomic mass is 9.99. The van der Waals surface area contributed by atoms with Crippen molar-refractivity contribution in [1.29, 1.82) is 0 Å². The molecule has 1 unspecified atom stereocenters. The van der Waals surface area contributed by atoms with Gasteiger partial charge in [0.05, 0.1) is 13.7 Å². The molecule has 5 heteroatoms. The number of quaternary nitrogens is 1. The Morgan fingerprint density at radius 3 is 2.44 bits per heavy atom. The van der Waals surface area contributed by atoms with Crippen molar-refractivity contribution in [3.63, 3.8) is 0 Å². The first-order valence-corrected chi connectivity index (χ1v) is 6.20. The summed E-state index contributed by atoms with van der Waals surface area (Å²) in [5.41, 5.74) is -0.641. The van der Waals surface area contributed by atoms with Crippen molar-refractivity contribution in [2.75, 3.05) is 13.7 Å². The van der Waals surface area contributed by atoms with E-state index in [9.17, 15) is 4.79 Å². The lowest BCUT2D eigenvalue weighted by molar-refractivity contribution is -0.766. The molecule has 1 heterocycles. The highest BCUT2D eigenvalue weighted by atomic mass is 32.2. The van der Waals surface area contributed by atoms with E-state index >= 15 is 0 Å². The van der Waals surface area contributed by atoms with Gasteiger partial charge in [-0.15, -0.1) is 3.89 Å². The molecule has 0 bridgehead atoms. The molecule has 0 spiro atoms. The predicted molar refractivity (Wildman–Crippen MR) is 64.7 cm³/mol. The van der Waals surface area contributed by atoms with E-state index in [2.05, 4.69) is 13.8 Å². The fraction of sp³-hybridized carbons (Fsp3) is 0.909. The lowest BCUT2D eigenvalue weighted by Gasteiger charge is -2.43. The van der Waals surface area contributed by atoms with Gasteiger partial charge >= 0.3 is 6.09 Å². The van der Waals surface area contributed by atoms with Crippen LogP contribution >= 0.6 is 12.2 Å². The normalized spacial score (nSPS) is 29.9. The summed E-state index contributed by atoms with van der Waals surface area (Å²) in [6, 6.07) is 0. The number of ether oxygens (including phenoxy) is 1. The Hall–Kier alpha value is -0.260. The Balaban J connectivity index is 2.86. The van der Waals surface area contributed by atoms with E-state index in [4.69, 9.17) is 8.92 Å². The number of carbonyl (C=O) groups is 1. The third kappa shape index (κ3) is 2.70. The second-order valence-corrected chi connectivity index (χ2v) is 6.98. The van der Waals surface area contributed by atoms with Crippen molar-refractivity contribution in [1.82, 2.24) is 0 Å². The van der Waals surface area contributed by atoms with Gasteiger partial charge in [-0.05, 0) is 34.6 Å². The fourth-order valence-corrected chi connectivity index (χ4v) is 2.13. The molecular weight excluding hydrogens is 226 g/mol. The Morgan fingerprint density at radius 2 is 2.00 bits per heavy atom. The molecule has 1 rings (SSSR count). The van der Waals surface area contributed by atoms with Crippen LogP contribution < -0.4 is 0 Å². The molecule has 0 saturated carbocycles. The second kappa shape index (κ2) is 4.20. The summed E-state index contributed by atoms with van der Waals surface area (Å²) >= 11 is 1.18. The third-order valence-corrected chi connectivity index (χ3v) is 4.11. The van der Waals surface area contributed by atoms with Crippen LogP contribution in [0.5, 0.6) is 0 Å². The molecule has 0 aliphatic carbocycles. The van der Waals surface area contributed by atoms with Crippen molar-refractivity contribution in [3.05, 3.63) is 0 Å². The van der Waals surface area contributed by atoms with Gasteiger partial charge in [0.1, 0.15) is 11.1 Å². The monoisotopic (exact) mass is 248 g/mol. The van der Waals surface area contributed by atoms with E-state index in [1.165, 1.54) is 12.2 Å². The van der Waals surface area contributed by atoms with Crippen LogP contribution in [0.4, 0.5) is 4.79 Å². The average Bonchev–Trinajstić information content (AvgIpc) is 2.07. The van der Waals surface area contributed by atoms with Gasteiger partial charge in [-0.1, -0.05) is 0 Å². The summed E-state index contributed by atoms with van der Waals surface area (Å²) in [5.74, 6) is 0. The molecule has 1 atom stereocenters.